The molecule has 1 fully saturated rings. The van der Waals surface area contributed by atoms with Gasteiger partial charge in [0.05, 0.1) is 4.92 Å². The molecule has 2 atom stereocenters. The first-order chi connectivity index (χ1) is 9.51. The number of hydrogen-bond acceptors (Lipinski definition) is 6. The molecule has 0 aromatic carbocycles. The minimum Gasteiger partial charge on any atom is -0.367 e. The summed E-state index contributed by atoms with van der Waals surface area (Å²) in [5.74, 6) is 0.977. The standard InChI is InChI=1S/C13H17N5O2/c1-9-8-17(2)6-5-10(9)15-13-4-3-12(18(19)20)11(7-14)16-13/h3-4,9-10H,5-6,8H2,1-2H3,(H,15,16). The van der Waals surface area contributed by atoms with Gasteiger partial charge in [-0.15, -0.1) is 0 Å². The van der Waals surface area contributed by atoms with Gasteiger partial charge < -0.3 is 10.2 Å². The van der Waals surface area contributed by atoms with Gasteiger partial charge in [-0.3, -0.25) is 10.1 Å². The zero-order valence-corrected chi connectivity index (χ0v) is 11.5. The van der Waals surface area contributed by atoms with E-state index in [1.807, 2.05) is 0 Å². The summed E-state index contributed by atoms with van der Waals surface area (Å²) in [4.78, 5) is 16.5. The molecule has 0 radical (unpaired) electrons. The van der Waals surface area contributed by atoms with Crippen LogP contribution < -0.4 is 5.32 Å². The van der Waals surface area contributed by atoms with Crippen molar-refractivity contribution >= 4 is 11.5 Å². The molecule has 2 rings (SSSR count). The molecule has 1 N–H and O–H groups in total. The molecule has 7 heteroatoms. The number of likely N-dealkylation sites (tertiary alicyclic amines) is 1. The summed E-state index contributed by atoms with van der Waals surface area (Å²) in [6, 6.07) is 4.93. The van der Waals surface area contributed by atoms with Gasteiger partial charge in [0.2, 0.25) is 5.69 Å². The maximum atomic E-state index is 10.8. The lowest BCUT2D eigenvalue weighted by Crippen LogP contribution is -2.43. The molecule has 0 spiro atoms. The van der Waals surface area contributed by atoms with E-state index in [0.29, 0.717) is 11.7 Å². The number of rotatable bonds is 3. The first-order valence-electron chi connectivity index (χ1n) is 6.52. The predicted octanol–water partition coefficient (Wildman–Crippen LogP) is 1.61. The number of piperidine rings is 1. The van der Waals surface area contributed by atoms with Crippen LogP contribution in [0.5, 0.6) is 0 Å². The highest BCUT2D eigenvalue weighted by Gasteiger charge is 2.25. The van der Waals surface area contributed by atoms with Crippen LogP contribution in [0.4, 0.5) is 11.5 Å². The van der Waals surface area contributed by atoms with E-state index in [-0.39, 0.29) is 17.4 Å². The van der Waals surface area contributed by atoms with Crippen molar-refractivity contribution in [2.45, 2.75) is 19.4 Å². The van der Waals surface area contributed by atoms with Gasteiger partial charge in [0, 0.05) is 18.7 Å². The molecule has 0 saturated carbocycles. The SMILES string of the molecule is CC1CN(C)CCC1Nc1ccc([N+](=O)[O-])c(C#N)n1. The highest BCUT2D eigenvalue weighted by atomic mass is 16.6. The van der Waals surface area contributed by atoms with Crippen molar-refractivity contribution in [3.63, 3.8) is 0 Å². The predicted molar refractivity (Wildman–Crippen MR) is 74.3 cm³/mol. The lowest BCUT2D eigenvalue weighted by atomic mass is 9.94. The maximum absolute atomic E-state index is 10.8. The van der Waals surface area contributed by atoms with Gasteiger partial charge in [-0.2, -0.15) is 5.26 Å². The van der Waals surface area contributed by atoms with E-state index >= 15 is 0 Å². The Kier molecular flexibility index (Phi) is 4.15. The minimum absolute atomic E-state index is 0.152. The van der Waals surface area contributed by atoms with Gasteiger partial charge in [-0.25, -0.2) is 4.98 Å². The van der Waals surface area contributed by atoms with Crippen molar-refractivity contribution in [2.24, 2.45) is 5.92 Å². The zero-order valence-electron chi connectivity index (χ0n) is 11.5. The highest BCUT2D eigenvalue weighted by molar-refractivity contribution is 5.50. The van der Waals surface area contributed by atoms with E-state index in [1.54, 1.807) is 12.1 Å². The van der Waals surface area contributed by atoms with Crippen LogP contribution in [0.1, 0.15) is 19.0 Å². The quantitative estimate of drug-likeness (QED) is 0.665. The smallest absolute Gasteiger partial charge is 0.305 e. The van der Waals surface area contributed by atoms with E-state index in [1.165, 1.54) is 6.07 Å². The van der Waals surface area contributed by atoms with Crippen LogP contribution in [0.2, 0.25) is 0 Å². The lowest BCUT2D eigenvalue weighted by Gasteiger charge is -2.35. The molecule has 20 heavy (non-hydrogen) atoms. The average Bonchev–Trinajstić information content (AvgIpc) is 2.41. The molecule has 1 aliphatic rings. The third-order valence-electron chi connectivity index (χ3n) is 3.62. The maximum Gasteiger partial charge on any atom is 0.305 e. The Bertz CT molecular complexity index is 554. The number of aromatic nitrogens is 1. The van der Waals surface area contributed by atoms with Crippen molar-refractivity contribution in [1.82, 2.24) is 9.88 Å². The van der Waals surface area contributed by atoms with E-state index in [2.05, 4.69) is 29.2 Å². The fraction of sp³-hybridized carbons (Fsp3) is 0.538. The summed E-state index contributed by atoms with van der Waals surface area (Å²) in [6.45, 7) is 4.15. The number of hydrogen-bond donors (Lipinski definition) is 1. The summed E-state index contributed by atoms with van der Waals surface area (Å²) in [5, 5.41) is 23.0. The fourth-order valence-corrected chi connectivity index (χ4v) is 2.52. The second-order valence-electron chi connectivity index (χ2n) is 5.21. The van der Waals surface area contributed by atoms with Crippen molar-refractivity contribution in [3.05, 3.63) is 27.9 Å². The summed E-state index contributed by atoms with van der Waals surface area (Å²) in [6.07, 6.45) is 0.984. The molecule has 0 amide bonds. The Hall–Kier alpha value is -2.20. The Morgan fingerprint density at radius 3 is 2.95 bits per heavy atom. The summed E-state index contributed by atoms with van der Waals surface area (Å²) in [5.41, 5.74) is -0.407. The van der Waals surface area contributed by atoms with Crippen LogP contribution in [0, 0.1) is 27.4 Å². The van der Waals surface area contributed by atoms with Crippen LogP contribution in [-0.2, 0) is 0 Å². The molecule has 0 bridgehead atoms. The van der Waals surface area contributed by atoms with Crippen molar-refractivity contribution < 1.29 is 4.92 Å². The van der Waals surface area contributed by atoms with Crippen molar-refractivity contribution in [2.75, 3.05) is 25.5 Å². The van der Waals surface area contributed by atoms with Crippen LogP contribution in [0.3, 0.4) is 0 Å². The molecule has 106 valence electrons. The van der Waals surface area contributed by atoms with E-state index in [4.69, 9.17) is 5.26 Å². The second kappa shape index (κ2) is 5.84. The summed E-state index contributed by atoms with van der Waals surface area (Å²) < 4.78 is 0. The zero-order chi connectivity index (χ0) is 14.7. The largest absolute Gasteiger partial charge is 0.367 e. The first-order valence-corrected chi connectivity index (χ1v) is 6.52. The minimum atomic E-state index is -0.590. The number of nitrogens with zero attached hydrogens (tertiary/aromatic N) is 4. The van der Waals surface area contributed by atoms with Crippen LogP contribution in [0.15, 0.2) is 12.1 Å². The molecular weight excluding hydrogens is 258 g/mol. The molecule has 0 aliphatic carbocycles. The number of pyridine rings is 1. The van der Waals surface area contributed by atoms with Crippen LogP contribution in [0.25, 0.3) is 0 Å². The first kappa shape index (κ1) is 14.2. The van der Waals surface area contributed by atoms with Gasteiger partial charge in [0.1, 0.15) is 11.9 Å². The molecule has 1 aliphatic heterocycles. The van der Waals surface area contributed by atoms with Gasteiger partial charge in [-0.1, -0.05) is 6.92 Å². The van der Waals surface area contributed by atoms with E-state index in [9.17, 15) is 10.1 Å². The highest BCUT2D eigenvalue weighted by Crippen LogP contribution is 2.22. The summed E-state index contributed by atoms with van der Waals surface area (Å²) in [7, 11) is 2.09. The monoisotopic (exact) mass is 275 g/mol. The Morgan fingerprint density at radius 2 is 2.35 bits per heavy atom. The number of nitriles is 1. The second-order valence-corrected chi connectivity index (χ2v) is 5.21. The van der Waals surface area contributed by atoms with Gasteiger partial charge in [-0.05, 0) is 32.0 Å². The lowest BCUT2D eigenvalue weighted by molar-refractivity contribution is -0.385. The van der Waals surface area contributed by atoms with Crippen LogP contribution >= 0.6 is 0 Å². The Balaban J connectivity index is 2.14. The van der Waals surface area contributed by atoms with Crippen molar-refractivity contribution in [3.8, 4) is 6.07 Å². The van der Waals surface area contributed by atoms with Gasteiger partial charge in [0.15, 0.2) is 0 Å². The molecule has 7 nitrogen and oxygen atoms in total. The summed E-state index contributed by atoms with van der Waals surface area (Å²) >= 11 is 0. The van der Waals surface area contributed by atoms with Gasteiger partial charge >= 0.3 is 5.69 Å². The number of nitrogens with one attached hydrogen (secondary N) is 1. The molecular formula is C13H17N5O2. The van der Waals surface area contributed by atoms with E-state index in [0.717, 1.165) is 19.5 Å². The average molecular weight is 275 g/mol. The topological polar surface area (TPSA) is 95.1 Å². The number of nitro groups is 1. The third kappa shape index (κ3) is 3.03. The van der Waals surface area contributed by atoms with Crippen LogP contribution in [-0.4, -0.2) is 41.0 Å². The molecule has 1 aromatic heterocycles. The third-order valence-corrected chi connectivity index (χ3v) is 3.62. The normalized spacial score (nSPS) is 23.1. The molecule has 1 saturated heterocycles. The molecule has 2 heterocycles. The van der Waals surface area contributed by atoms with E-state index < -0.39 is 4.92 Å². The molecule has 1 aromatic rings. The van der Waals surface area contributed by atoms with Gasteiger partial charge in [0.25, 0.3) is 0 Å². The number of anilines is 1. The molecule has 2 unspecified atom stereocenters. The van der Waals surface area contributed by atoms with Crippen molar-refractivity contribution in [1.29, 1.82) is 5.26 Å². The fourth-order valence-electron chi connectivity index (χ4n) is 2.52. The Labute approximate surface area is 117 Å². The Morgan fingerprint density at radius 1 is 1.60 bits per heavy atom.